The van der Waals surface area contributed by atoms with Gasteiger partial charge in [0.1, 0.15) is 0 Å². The largest absolute Gasteiger partial charge is 0.493 e. The van der Waals surface area contributed by atoms with Crippen LogP contribution in [0.3, 0.4) is 0 Å². The Morgan fingerprint density at radius 2 is 2.00 bits per heavy atom. The third-order valence-electron chi connectivity index (χ3n) is 3.51. The van der Waals surface area contributed by atoms with Gasteiger partial charge in [0.05, 0.1) is 32.1 Å². The number of aliphatic hydroxyl groups excluding tert-OH is 1. The summed E-state index contributed by atoms with van der Waals surface area (Å²) in [6.45, 7) is 0.0772. The van der Waals surface area contributed by atoms with Crippen LogP contribution in [0.2, 0.25) is 0 Å². The summed E-state index contributed by atoms with van der Waals surface area (Å²) >= 11 is 1.13. The summed E-state index contributed by atoms with van der Waals surface area (Å²) in [7, 11) is 2.65. The van der Waals surface area contributed by atoms with Crippen molar-refractivity contribution in [2.24, 2.45) is 0 Å². The predicted molar refractivity (Wildman–Crippen MR) is 91.1 cm³/mol. The van der Waals surface area contributed by atoms with Gasteiger partial charge in [-0.2, -0.15) is 0 Å². The molecule has 1 heterocycles. The molecule has 0 aliphatic carbocycles. The SMILES string of the molecule is COC(=O)CCC(=O)c1cc2c(F)c(OCCCO)c(OC)cc2s1. The first-order chi connectivity index (χ1) is 12.0. The fourth-order valence-corrected chi connectivity index (χ4v) is 3.26. The minimum Gasteiger partial charge on any atom is -0.493 e. The van der Waals surface area contributed by atoms with E-state index >= 15 is 0 Å². The summed E-state index contributed by atoms with van der Waals surface area (Å²) < 4.78 is 30.3. The number of benzene rings is 1. The summed E-state index contributed by atoms with van der Waals surface area (Å²) in [4.78, 5) is 23.7. The van der Waals surface area contributed by atoms with Gasteiger partial charge in [-0.15, -0.1) is 11.3 Å². The lowest BCUT2D eigenvalue weighted by Gasteiger charge is -2.11. The number of hydrogen-bond acceptors (Lipinski definition) is 7. The molecule has 8 heteroatoms. The molecule has 0 unspecified atom stereocenters. The van der Waals surface area contributed by atoms with Crippen molar-refractivity contribution in [2.45, 2.75) is 19.3 Å². The van der Waals surface area contributed by atoms with Crippen LogP contribution in [0.15, 0.2) is 12.1 Å². The molecule has 0 saturated carbocycles. The molecule has 0 radical (unpaired) electrons. The number of Topliss-reactive ketones (excluding diaryl/α,β-unsaturated/α-hetero) is 1. The van der Waals surface area contributed by atoms with E-state index in [2.05, 4.69) is 4.74 Å². The summed E-state index contributed by atoms with van der Waals surface area (Å²) in [5.41, 5.74) is 0. The highest BCUT2D eigenvalue weighted by atomic mass is 32.1. The van der Waals surface area contributed by atoms with Crippen LogP contribution in [0.1, 0.15) is 28.9 Å². The zero-order valence-electron chi connectivity index (χ0n) is 14.0. The predicted octanol–water partition coefficient (Wildman–Crippen LogP) is 2.95. The van der Waals surface area contributed by atoms with Gasteiger partial charge in [0.15, 0.2) is 23.1 Å². The molecule has 0 saturated heterocycles. The highest BCUT2D eigenvalue weighted by Crippen LogP contribution is 2.40. The minimum absolute atomic E-state index is 0.00188. The molecule has 2 aromatic rings. The number of ketones is 1. The lowest BCUT2D eigenvalue weighted by atomic mass is 10.1. The van der Waals surface area contributed by atoms with E-state index in [-0.39, 0.29) is 48.7 Å². The van der Waals surface area contributed by atoms with Crippen molar-refractivity contribution in [2.75, 3.05) is 27.4 Å². The third-order valence-corrected chi connectivity index (χ3v) is 4.63. The van der Waals surface area contributed by atoms with Crippen LogP contribution < -0.4 is 9.47 Å². The molecule has 2 rings (SSSR count). The Morgan fingerprint density at radius 3 is 2.64 bits per heavy atom. The van der Waals surface area contributed by atoms with Crippen LogP contribution in [0.25, 0.3) is 10.1 Å². The number of esters is 1. The van der Waals surface area contributed by atoms with E-state index in [1.54, 1.807) is 6.07 Å². The van der Waals surface area contributed by atoms with E-state index in [9.17, 15) is 14.0 Å². The topological polar surface area (TPSA) is 82.1 Å². The van der Waals surface area contributed by atoms with E-state index in [0.29, 0.717) is 16.0 Å². The number of ether oxygens (including phenoxy) is 3. The summed E-state index contributed by atoms with van der Waals surface area (Å²) in [5.74, 6) is -1.17. The number of carbonyl (C=O) groups is 2. The molecule has 1 N–H and O–H groups in total. The minimum atomic E-state index is -0.615. The van der Waals surface area contributed by atoms with Gasteiger partial charge in [-0.05, 0) is 6.07 Å². The molecule has 0 atom stereocenters. The van der Waals surface area contributed by atoms with E-state index in [1.165, 1.54) is 20.3 Å². The quantitative estimate of drug-likeness (QED) is 0.415. The number of halogens is 1. The molecule has 1 aromatic carbocycles. The second-order valence-electron chi connectivity index (χ2n) is 5.17. The van der Waals surface area contributed by atoms with Gasteiger partial charge in [0, 0.05) is 35.6 Å². The number of methoxy groups -OCH3 is 2. The van der Waals surface area contributed by atoms with E-state index in [1.807, 2.05) is 0 Å². The Kier molecular flexibility index (Phi) is 6.72. The molecule has 0 bridgehead atoms. The lowest BCUT2D eigenvalue weighted by Crippen LogP contribution is -2.04. The number of fused-ring (bicyclic) bond motifs is 1. The van der Waals surface area contributed by atoms with Gasteiger partial charge < -0.3 is 19.3 Å². The van der Waals surface area contributed by atoms with Gasteiger partial charge in [-0.1, -0.05) is 0 Å². The maximum Gasteiger partial charge on any atom is 0.305 e. The van der Waals surface area contributed by atoms with E-state index in [4.69, 9.17) is 14.6 Å². The number of hydrogen-bond donors (Lipinski definition) is 1. The van der Waals surface area contributed by atoms with Gasteiger partial charge in [-0.25, -0.2) is 4.39 Å². The van der Waals surface area contributed by atoms with Gasteiger partial charge in [0.2, 0.25) is 0 Å². The summed E-state index contributed by atoms with van der Waals surface area (Å²) in [6, 6.07) is 3.06. The number of rotatable bonds is 9. The van der Waals surface area contributed by atoms with Crippen molar-refractivity contribution in [3.8, 4) is 11.5 Å². The molecule has 0 amide bonds. The van der Waals surface area contributed by atoms with Gasteiger partial charge in [0.25, 0.3) is 0 Å². The number of aliphatic hydroxyl groups is 1. The maximum absolute atomic E-state index is 14.7. The van der Waals surface area contributed by atoms with Crippen LogP contribution >= 0.6 is 11.3 Å². The normalized spacial score (nSPS) is 10.7. The van der Waals surface area contributed by atoms with Crippen molar-refractivity contribution in [1.82, 2.24) is 0 Å². The second kappa shape index (κ2) is 8.77. The first kappa shape index (κ1) is 19.1. The Balaban J connectivity index is 2.30. The molecule has 0 spiro atoms. The van der Waals surface area contributed by atoms with Crippen molar-refractivity contribution in [3.05, 3.63) is 22.8 Å². The fourth-order valence-electron chi connectivity index (χ4n) is 2.20. The third kappa shape index (κ3) is 4.46. The molecule has 0 aliphatic rings. The summed E-state index contributed by atoms with van der Waals surface area (Å²) in [6.07, 6.45) is 0.338. The fraction of sp³-hybridized carbons (Fsp3) is 0.412. The molecule has 136 valence electrons. The molecular weight excluding hydrogens is 351 g/mol. The lowest BCUT2D eigenvalue weighted by molar-refractivity contribution is -0.140. The average molecular weight is 370 g/mol. The van der Waals surface area contributed by atoms with Gasteiger partial charge in [-0.3, -0.25) is 9.59 Å². The Labute approximate surface area is 148 Å². The molecule has 25 heavy (non-hydrogen) atoms. The van der Waals surface area contributed by atoms with Crippen LogP contribution in [-0.2, 0) is 9.53 Å². The van der Waals surface area contributed by atoms with Crippen molar-refractivity contribution in [1.29, 1.82) is 0 Å². The number of carbonyl (C=O) groups excluding carboxylic acids is 2. The van der Waals surface area contributed by atoms with Crippen molar-refractivity contribution in [3.63, 3.8) is 0 Å². The summed E-state index contributed by atoms with van der Waals surface area (Å²) in [5, 5.41) is 9.07. The average Bonchev–Trinajstić information content (AvgIpc) is 3.05. The van der Waals surface area contributed by atoms with Crippen LogP contribution in [-0.4, -0.2) is 44.3 Å². The van der Waals surface area contributed by atoms with Gasteiger partial charge >= 0.3 is 5.97 Å². The zero-order valence-corrected chi connectivity index (χ0v) is 14.8. The molecule has 0 aliphatic heterocycles. The Bertz CT molecular complexity index is 770. The maximum atomic E-state index is 14.7. The number of thiophene rings is 1. The van der Waals surface area contributed by atoms with Crippen LogP contribution in [0, 0.1) is 5.82 Å². The first-order valence-electron chi connectivity index (χ1n) is 7.65. The second-order valence-corrected chi connectivity index (χ2v) is 6.25. The Morgan fingerprint density at radius 1 is 1.24 bits per heavy atom. The molecular formula is C17H19FO6S. The van der Waals surface area contributed by atoms with Crippen LogP contribution in [0.5, 0.6) is 11.5 Å². The van der Waals surface area contributed by atoms with E-state index in [0.717, 1.165) is 11.3 Å². The highest BCUT2D eigenvalue weighted by Gasteiger charge is 2.20. The first-order valence-corrected chi connectivity index (χ1v) is 8.47. The standard InChI is InChI=1S/C17H19FO6S/c1-22-12-9-13-10(16(18)17(12)24-7-3-6-19)8-14(25-13)11(20)4-5-15(21)23-2/h8-9,19H,3-7H2,1-2H3. The van der Waals surface area contributed by atoms with Crippen molar-refractivity contribution < 1.29 is 33.3 Å². The molecule has 6 nitrogen and oxygen atoms in total. The Hall–Kier alpha value is -2.19. The highest BCUT2D eigenvalue weighted by molar-refractivity contribution is 7.20. The molecule has 1 aromatic heterocycles. The van der Waals surface area contributed by atoms with E-state index < -0.39 is 11.8 Å². The zero-order chi connectivity index (χ0) is 18.4. The van der Waals surface area contributed by atoms with Crippen molar-refractivity contribution >= 4 is 33.2 Å². The van der Waals surface area contributed by atoms with Crippen LogP contribution in [0.4, 0.5) is 4.39 Å². The monoisotopic (exact) mass is 370 g/mol. The smallest absolute Gasteiger partial charge is 0.305 e. The molecule has 0 fully saturated rings.